The maximum Gasteiger partial charge on any atom is 0.460 e. The molecule has 0 fully saturated rings. The molecule has 0 saturated heterocycles. The molecule has 0 aliphatic rings. The number of halogens is 7. The van der Waals surface area contributed by atoms with E-state index < -0.39 is 47.1 Å². The van der Waals surface area contributed by atoms with Crippen molar-refractivity contribution < 1.29 is 49.8 Å². The van der Waals surface area contributed by atoms with E-state index in [0.717, 1.165) is 20.3 Å². The van der Waals surface area contributed by atoms with Crippen LogP contribution in [-0.4, -0.2) is 38.5 Å². The van der Waals surface area contributed by atoms with Crippen LogP contribution in [-0.2, 0) is 15.4 Å². The maximum absolute atomic E-state index is 14.0. The number of methoxy groups -OCH3 is 2. The zero-order valence-corrected chi connectivity index (χ0v) is 13.0. The van der Waals surface area contributed by atoms with Crippen LogP contribution in [0.15, 0.2) is 18.2 Å². The van der Waals surface area contributed by atoms with Gasteiger partial charge >= 0.3 is 30.2 Å². The molecule has 1 rings (SSSR count). The first-order valence-electron chi connectivity index (χ1n) is 6.44. The van der Waals surface area contributed by atoms with Crippen LogP contribution in [0.25, 0.3) is 0 Å². The highest BCUT2D eigenvalue weighted by molar-refractivity contribution is 5.88. The Morgan fingerprint density at radius 1 is 0.885 bits per heavy atom. The third kappa shape index (κ3) is 4.08. The van der Waals surface area contributed by atoms with E-state index >= 15 is 0 Å². The maximum atomic E-state index is 14.0. The number of nitrogens with one attached hydrogen (secondary N) is 2. The molecule has 13 heteroatoms. The summed E-state index contributed by atoms with van der Waals surface area (Å²) in [6, 6.07) is 1.58. The quantitative estimate of drug-likeness (QED) is 0.748. The van der Waals surface area contributed by atoms with Crippen molar-refractivity contribution in [1.82, 2.24) is 0 Å². The second kappa shape index (κ2) is 7.25. The minimum atomic E-state index is -6.59. The number of carbonyl (C=O) groups excluding carboxylic acids is 2. The van der Waals surface area contributed by atoms with E-state index in [1.54, 1.807) is 5.32 Å². The lowest BCUT2D eigenvalue weighted by Crippen LogP contribution is -2.50. The molecular weight excluding hydrogens is 381 g/mol. The fraction of sp³-hybridized carbons (Fsp3) is 0.385. The smallest absolute Gasteiger partial charge is 0.453 e. The van der Waals surface area contributed by atoms with Crippen molar-refractivity contribution in [3.05, 3.63) is 23.8 Å². The molecule has 146 valence electrons. The van der Waals surface area contributed by atoms with Gasteiger partial charge in [-0.1, -0.05) is 0 Å². The lowest BCUT2D eigenvalue weighted by Gasteiger charge is -2.30. The van der Waals surface area contributed by atoms with Crippen molar-refractivity contribution in [2.45, 2.75) is 18.0 Å². The molecule has 0 bridgehead atoms. The molecule has 1 aromatic carbocycles. The summed E-state index contributed by atoms with van der Waals surface area (Å²) >= 11 is 0. The standard InChI is InChI=1S/C13H11F7N2O4/c1-25-9(23)21-6-3-4-8(22-10(24)26-2)7(5-6)11(14,15)12(16,17)13(18,19)20/h3-5H,1-2H3,(H,21,23)(H,22,24). The van der Waals surface area contributed by atoms with E-state index in [9.17, 15) is 40.3 Å². The van der Waals surface area contributed by atoms with Crippen molar-refractivity contribution >= 4 is 23.6 Å². The van der Waals surface area contributed by atoms with Crippen LogP contribution in [0.5, 0.6) is 0 Å². The normalized spacial score (nSPS) is 12.3. The Labute approximate surface area is 141 Å². The number of carbonyl (C=O) groups is 2. The zero-order valence-electron chi connectivity index (χ0n) is 13.0. The molecule has 0 unspecified atom stereocenters. The Hall–Kier alpha value is -2.73. The predicted molar refractivity (Wildman–Crippen MR) is 73.4 cm³/mol. The first-order chi connectivity index (χ1) is 11.8. The van der Waals surface area contributed by atoms with Gasteiger partial charge in [-0.15, -0.1) is 0 Å². The molecule has 0 saturated carbocycles. The number of amides is 2. The Balaban J connectivity index is 3.53. The molecule has 0 atom stereocenters. The highest BCUT2D eigenvalue weighted by atomic mass is 19.4. The molecule has 2 N–H and O–H groups in total. The topological polar surface area (TPSA) is 76.7 Å². The zero-order chi connectivity index (χ0) is 20.3. The minimum absolute atomic E-state index is 0.141. The summed E-state index contributed by atoms with van der Waals surface area (Å²) < 4.78 is 100. The highest BCUT2D eigenvalue weighted by Crippen LogP contribution is 2.53. The van der Waals surface area contributed by atoms with Gasteiger partial charge in [0.05, 0.1) is 25.5 Å². The number of anilines is 2. The number of ether oxygens (including phenoxy) is 2. The molecule has 6 nitrogen and oxygen atoms in total. The molecule has 26 heavy (non-hydrogen) atoms. The summed E-state index contributed by atoms with van der Waals surface area (Å²) in [6.45, 7) is 0. The molecule has 1 aromatic rings. The van der Waals surface area contributed by atoms with Gasteiger partial charge < -0.3 is 9.47 Å². The van der Waals surface area contributed by atoms with Crippen LogP contribution >= 0.6 is 0 Å². The van der Waals surface area contributed by atoms with Crippen molar-refractivity contribution in [1.29, 1.82) is 0 Å². The summed E-state index contributed by atoms with van der Waals surface area (Å²) in [4.78, 5) is 22.2. The molecule has 0 aromatic heterocycles. The van der Waals surface area contributed by atoms with Crippen LogP contribution in [0.4, 0.5) is 51.7 Å². The molecule has 0 heterocycles. The summed E-state index contributed by atoms with van der Waals surface area (Å²) in [7, 11) is 1.71. The number of hydrogen-bond acceptors (Lipinski definition) is 4. The first kappa shape index (κ1) is 21.3. The molecule has 2 amide bonds. The van der Waals surface area contributed by atoms with E-state index in [0.29, 0.717) is 6.07 Å². The third-order valence-electron chi connectivity index (χ3n) is 2.96. The van der Waals surface area contributed by atoms with Crippen LogP contribution in [0.3, 0.4) is 0 Å². The lowest BCUT2D eigenvalue weighted by molar-refractivity contribution is -0.359. The summed E-state index contributed by atoms with van der Waals surface area (Å²) in [5.41, 5.74) is -3.57. The van der Waals surface area contributed by atoms with Crippen LogP contribution < -0.4 is 10.6 Å². The van der Waals surface area contributed by atoms with Gasteiger partial charge in [-0.3, -0.25) is 10.6 Å². The van der Waals surface area contributed by atoms with Crippen molar-refractivity contribution in [2.24, 2.45) is 0 Å². The van der Waals surface area contributed by atoms with Gasteiger partial charge in [0.15, 0.2) is 0 Å². The van der Waals surface area contributed by atoms with Gasteiger partial charge in [0.25, 0.3) is 0 Å². The summed E-state index contributed by atoms with van der Waals surface area (Å²) in [5.74, 6) is -12.3. The fourth-order valence-electron chi connectivity index (χ4n) is 1.67. The van der Waals surface area contributed by atoms with Gasteiger partial charge in [0.1, 0.15) is 0 Å². The van der Waals surface area contributed by atoms with Crippen molar-refractivity contribution in [3.8, 4) is 0 Å². The molecule has 0 aliphatic carbocycles. The van der Waals surface area contributed by atoms with Crippen LogP contribution in [0.1, 0.15) is 5.56 Å². The number of hydrogen-bond donors (Lipinski definition) is 2. The van der Waals surface area contributed by atoms with E-state index in [1.165, 1.54) is 0 Å². The van der Waals surface area contributed by atoms with E-state index in [2.05, 4.69) is 9.47 Å². The Morgan fingerprint density at radius 3 is 1.85 bits per heavy atom. The molecule has 0 radical (unpaired) electrons. The Kier molecular flexibility index (Phi) is 5.95. The highest BCUT2D eigenvalue weighted by Gasteiger charge is 2.74. The number of alkyl halides is 7. The van der Waals surface area contributed by atoms with Crippen molar-refractivity contribution in [3.63, 3.8) is 0 Å². The predicted octanol–water partition coefficient (Wildman–Crippen LogP) is 4.33. The van der Waals surface area contributed by atoms with E-state index in [-0.39, 0.29) is 6.07 Å². The van der Waals surface area contributed by atoms with Gasteiger partial charge in [0.2, 0.25) is 0 Å². The number of rotatable bonds is 4. The molecule has 0 aliphatic heterocycles. The monoisotopic (exact) mass is 392 g/mol. The SMILES string of the molecule is COC(=O)Nc1ccc(NC(=O)OC)c(C(F)(F)C(F)(F)C(F)(F)F)c1. The summed E-state index contributed by atoms with van der Waals surface area (Å²) in [6.07, 6.45) is -9.19. The first-order valence-corrected chi connectivity index (χ1v) is 6.44. The second-order valence-electron chi connectivity index (χ2n) is 4.64. The number of benzene rings is 1. The van der Waals surface area contributed by atoms with E-state index in [1.807, 2.05) is 5.32 Å². The van der Waals surface area contributed by atoms with Gasteiger partial charge in [-0.25, -0.2) is 9.59 Å². The fourth-order valence-corrected chi connectivity index (χ4v) is 1.67. The third-order valence-corrected chi connectivity index (χ3v) is 2.96. The van der Waals surface area contributed by atoms with Crippen LogP contribution in [0.2, 0.25) is 0 Å². The Bertz CT molecular complexity index is 692. The average molecular weight is 392 g/mol. The van der Waals surface area contributed by atoms with E-state index in [4.69, 9.17) is 0 Å². The molecule has 0 spiro atoms. The van der Waals surface area contributed by atoms with Crippen LogP contribution in [0, 0.1) is 0 Å². The largest absolute Gasteiger partial charge is 0.460 e. The van der Waals surface area contributed by atoms with Crippen molar-refractivity contribution in [2.75, 3.05) is 24.9 Å². The van der Waals surface area contributed by atoms with Gasteiger partial charge in [-0.2, -0.15) is 30.7 Å². The minimum Gasteiger partial charge on any atom is -0.453 e. The lowest BCUT2D eigenvalue weighted by atomic mass is 9.99. The second-order valence-corrected chi connectivity index (χ2v) is 4.64. The molecular formula is C13H11F7N2O4. The van der Waals surface area contributed by atoms with Gasteiger partial charge in [0, 0.05) is 5.69 Å². The summed E-state index contributed by atoms with van der Waals surface area (Å²) in [5, 5.41) is 3.42. The van der Waals surface area contributed by atoms with Gasteiger partial charge in [-0.05, 0) is 18.2 Å². The average Bonchev–Trinajstić information content (AvgIpc) is 2.54. The Morgan fingerprint density at radius 2 is 1.38 bits per heavy atom.